The molecule has 17 heavy (non-hydrogen) atoms. The van der Waals surface area contributed by atoms with Crippen LogP contribution in [0.5, 0.6) is 0 Å². The molecule has 1 aromatic carbocycles. The van der Waals surface area contributed by atoms with Gasteiger partial charge in [0.15, 0.2) is 0 Å². The largest absolute Gasteiger partial charge is 0.330 e. The molecule has 1 atom stereocenters. The third-order valence-corrected chi connectivity index (χ3v) is 3.99. The first-order valence-corrected chi connectivity index (χ1v) is 6.74. The molecule has 0 spiro atoms. The average molecular weight is 231 g/mol. The average Bonchev–Trinajstić information content (AvgIpc) is 3.04. The molecule has 0 amide bonds. The molecule has 94 valence electrons. The Hall–Kier alpha value is -0.820. The lowest BCUT2D eigenvalue weighted by Crippen LogP contribution is -2.18. The Bertz CT molecular complexity index is 396. The fourth-order valence-corrected chi connectivity index (χ4v) is 2.58. The highest BCUT2D eigenvalue weighted by molar-refractivity contribution is 5.37. The highest BCUT2D eigenvalue weighted by Crippen LogP contribution is 2.43. The van der Waals surface area contributed by atoms with E-state index >= 15 is 0 Å². The van der Waals surface area contributed by atoms with Gasteiger partial charge in [-0.05, 0) is 60.3 Å². The maximum atomic E-state index is 5.97. The van der Waals surface area contributed by atoms with Gasteiger partial charge in [0.1, 0.15) is 0 Å². The van der Waals surface area contributed by atoms with Gasteiger partial charge in [-0.2, -0.15) is 0 Å². The summed E-state index contributed by atoms with van der Waals surface area (Å²) in [6.45, 7) is 9.83. The van der Waals surface area contributed by atoms with Crippen LogP contribution in [0.2, 0.25) is 0 Å². The summed E-state index contributed by atoms with van der Waals surface area (Å²) in [6, 6.07) is 6.92. The van der Waals surface area contributed by atoms with E-state index in [0.717, 1.165) is 12.5 Å². The Morgan fingerprint density at radius 3 is 2.41 bits per heavy atom. The van der Waals surface area contributed by atoms with Crippen LogP contribution in [-0.2, 0) is 5.41 Å². The lowest BCUT2D eigenvalue weighted by molar-refractivity contribution is 0.578. The molecular weight excluding hydrogens is 206 g/mol. The quantitative estimate of drug-likeness (QED) is 0.842. The van der Waals surface area contributed by atoms with Gasteiger partial charge in [-0.1, -0.05) is 39.0 Å². The molecule has 1 saturated carbocycles. The molecule has 0 aromatic heterocycles. The lowest BCUT2D eigenvalue weighted by Gasteiger charge is -2.24. The van der Waals surface area contributed by atoms with E-state index in [0.29, 0.717) is 5.92 Å². The van der Waals surface area contributed by atoms with Crippen LogP contribution in [0.15, 0.2) is 18.2 Å². The third-order valence-electron chi connectivity index (χ3n) is 3.99. The molecule has 1 fully saturated rings. The SMILES string of the molecule is Cc1ccc(C(C)(C)C)cc1C(CN)C1CC1. The topological polar surface area (TPSA) is 26.0 Å². The van der Waals surface area contributed by atoms with Crippen molar-refractivity contribution in [2.75, 3.05) is 6.54 Å². The van der Waals surface area contributed by atoms with Gasteiger partial charge in [0, 0.05) is 0 Å². The smallest absolute Gasteiger partial charge is 0.000546 e. The summed E-state index contributed by atoms with van der Waals surface area (Å²) in [5.74, 6) is 1.42. The van der Waals surface area contributed by atoms with Crippen molar-refractivity contribution in [3.63, 3.8) is 0 Å². The van der Waals surface area contributed by atoms with Crippen LogP contribution in [-0.4, -0.2) is 6.54 Å². The van der Waals surface area contributed by atoms with Crippen LogP contribution in [0.4, 0.5) is 0 Å². The minimum Gasteiger partial charge on any atom is -0.330 e. The van der Waals surface area contributed by atoms with Crippen molar-refractivity contribution in [3.05, 3.63) is 34.9 Å². The first-order valence-electron chi connectivity index (χ1n) is 6.74. The van der Waals surface area contributed by atoms with Crippen LogP contribution < -0.4 is 5.73 Å². The first kappa shape index (κ1) is 12.6. The van der Waals surface area contributed by atoms with E-state index in [4.69, 9.17) is 5.73 Å². The zero-order valence-corrected chi connectivity index (χ0v) is 11.6. The normalized spacial score (nSPS) is 18.2. The fraction of sp³-hybridized carbons (Fsp3) is 0.625. The van der Waals surface area contributed by atoms with E-state index in [1.165, 1.54) is 29.5 Å². The summed E-state index contributed by atoms with van der Waals surface area (Å²) in [7, 11) is 0. The van der Waals surface area contributed by atoms with Crippen molar-refractivity contribution in [1.82, 2.24) is 0 Å². The Morgan fingerprint density at radius 1 is 1.29 bits per heavy atom. The monoisotopic (exact) mass is 231 g/mol. The van der Waals surface area contributed by atoms with Gasteiger partial charge in [-0.3, -0.25) is 0 Å². The maximum Gasteiger partial charge on any atom is -0.000546 e. The van der Waals surface area contributed by atoms with Crippen molar-refractivity contribution in [1.29, 1.82) is 0 Å². The Morgan fingerprint density at radius 2 is 1.94 bits per heavy atom. The molecule has 0 bridgehead atoms. The van der Waals surface area contributed by atoms with Crippen molar-refractivity contribution < 1.29 is 0 Å². The molecule has 2 N–H and O–H groups in total. The Kier molecular flexibility index (Phi) is 3.31. The summed E-state index contributed by atoms with van der Waals surface area (Å²) in [4.78, 5) is 0. The second-order valence-corrected chi connectivity index (χ2v) is 6.50. The second kappa shape index (κ2) is 4.45. The number of benzene rings is 1. The minimum absolute atomic E-state index is 0.227. The molecular formula is C16H25N. The minimum atomic E-state index is 0.227. The van der Waals surface area contributed by atoms with Gasteiger partial charge in [0.05, 0.1) is 0 Å². The van der Waals surface area contributed by atoms with Crippen LogP contribution >= 0.6 is 0 Å². The second-order valence-electron chi connectivity index (χ2n) is 6.50. The number of rotatable bonds is 3. The zero-order chi connectivity index (χ0) is 12.6. The van der Waals surface area contributed by atoms with Crippen molar-refractivity contribution in [2.24, 2.45) is 11.7 Å². The Balaban J connectivity index is 2.37. The number of nitrogens with two attached hydrogens (primary N) is 1. The molecule has 1 heteroatoms. The van der Waals surface area contributed by atoms with Crippen LogP contribution in [0.25, 0.3) is 0 Å². The predicted molar refractivity (Wildman–Crippen MR) is 74.4 cm³/mol. The molecule has 1 aromatic rings. The molecule has 1 aliphatic rings. The molecule has 0 heterocycles. The van der Waals surface area contributed by atoms with Gasteiger partial charge in [-0.15, -0.1) is 0 Å². The van der Waals surface area contributed by atoms with Crippen molar-refractivity contribution in [2.45, 2.75) is 51.9 Å². The molecule has 1 unspecified atom stereocenters. The first-order chi connectivity index (χ1) is 7.93. The summed E-state index contributed by atoms with van der Waals surface area (Å²) < 4.78 is 0. The summed E-state index contributed by atoms with van der Waals surface area (Å²) in [6.07, 6.45) is 2.72. The summed E-state index contributed by atoms with van der Waals surface area (Å²) >= 11 is 0. The predicted octanol–water partition coefficient (Wildman–Crippen LogP) is 3.74. The molecule has 0 radical (unpaired) electrons. The van der Waals surface area contributed by atoms with E-state index in [9.17, 15) is 0 Å². The highest BCUT2D eigenvalue weighted by Gasteiger charge is 2.32. The highest BCUT2D eigenvalue weighted by atomic mass is 14.6. The molecule has 0 saturated heterocycles. The summed E-state index contributed by atoms with van der Waals surface area (Å²) in [5.41, 5.74) is 10.5. The number of aryl methyl sites for hydroxylation is 1. The van der Waals surface area contributed by atoms with Gasteiger partial charge >= 0.3 is 0 Å². The zero-order valence-electron chi connectivity index (χ0n) is 11.6. The fourth-order valence-electron chi connectivity index (χ4n) is 2.58. The summed E-state index contributed by atoms with van der Waals surface area (Å²) in [5, 5.41) is 0. The van der Waals surface area contributed by atoms with E-state index in [1.54, 1.807) is 0 Å². The third kappa shape index (κ3) is 2.71. The van der Waals surface area contributed by atoms with E-state index in [1.807, 2.05) is 0 Å². The number of hydrogen-bond acceptors (Lipinski definition) is 1. The van der Waals surface area contributed by atoms with Crippen molar-refractivity contribution >= 4 is 0 Å². The van der Waals surface area contributed by atoms with Crippen LogP contribution in [0, 0.1) is 12.8 Å². The Labute approximate surface area is 105 Å². The molecule has 1 aliphatic carbocycles. The number of hydrogen-bond donors (Lipinski definition) is 1. The van der Waals surface area contributed by atoms with Crippen LogP contribution in [0.1, 0.15) is 56.2 Å². The van der Waals surface area contributed by atoms with Crippen molar-refractivity contribution in [3.8, 4) is 0 Å². The van der Waals surface area contributed by atoms with Crippen LogP contribution in [0.3, 0.4) is 0 Å². The standard InChI is InChI=1S/C16H25N/c1-11-5-8-13(16(2,3)4)9-14(11)15(10-17)12-6-7-12/h5,8-9,12,15H,6-7,10,17H2,1-4H3. The van der Waals surface area contributed by atoms with E-state index < -0.39 is 0 Å². The maximum absolute atomic E-state index is 5.97. The lowest BCUT2D eigenvalue weighted by atomic mass is 9.82. The molecule has 2 rings (SSSR count). The van der Waals surface area contributed by atoms with Gasteiger partial charge in [-0.25, -0.2) is 0 Å². The van der Waals surface area contributed by atoms with Gasteiger partial charge < -0.3 is 5.73 Å². The molecule has 0 aliphatic heterocycles. The molecule has 1 nitrogen and oxygen atoms in total. The van der Waals surface area contributed by atoms with Gasteiger partial charge in [0.25, 0.3) is 0 Å². The van der Waals surface area contributed by atoms with E-state index in [2.05, 4.69) is 45.9 Å². The van der Waals surface area contributed by atoms with Gasteiger partial charge in [0.2, 0.25) is 0 Å². The van der Waals surface area contributed by atoms with E-state index in [-0.39, 0.29) is 5.41 Å².